The van der Waals surface area contributed by atoms with Gasteiger partial charge in [0.2, 0.25) is 0 Å². The summed E-state index contributed by atoms with van der Waals surface area (Å²) < 4.78 is 5.45. The number of benzene rings is 1. The normalized spacial score (nSPS) is 14.8. The quantitative estimate of drug-likeness (QED) is 0.914. The Bertz CT molecular complexity index is 542. The van der Waals surface area contributed by atoms with E-state index in [0.29, 0.717) is 0 Å². The average molecular weight is 255 g/mol. The molecule has 1 aromatic carbocycles. The molecule has 0 aliphatic carbocycles. The zero-order chi connectivity index (χ0) is 13.1. The second-order valence-electron chi connectivity index (χ2n) is 4.62. The first-order valence-electron chi connectivity index (χ1n) is 6.43. The van der Waals surface area contributed by atoms with E-state index in [9.17, 15) is 0 Å². The molecular formula is C15H17N3O. The molecule has 0 fully saturated rings. The molecule has 0 bridgehead atoms. The third-order valence-corrected chi connectivity index (χ3v) is 3.42. The van der Waals surface area contributed by atoms with Gasteiger partial charge >= 0.3 is 0 Å². The molecule has 0 radical (unpaired) electrons. The van der Waals surface area contributed by atoms with E-state index in [4.69, 9.17) is 4.74 Å². The Labute approximate surface area is 113 Å². The summed E-state index contributed by atoms with van der Waals surface area (Å²) in [6.45, 7) is 1.84. The molecule has 1 aliphatic rings. The standard InChI is InChI=1S/C15H17N3O/c1-19-15-4-2-3-12-7-10-18(11-14(12)15)17-13-5-8-16-9-6-13/h2-6,8-9H,7,10-11H2,1H3,(H,16,17). The monoisotopic (exact) mass is 255 g/mol. The topological polar surface area (TPSA) is 37.4 Å². The van der Waals surface area contributed by atoms with Crippen LogP contribution in [-0.2, 0) is 13.0 Å². The summed E-state index contributed by atoms with van der Waals surface area (Å²) in [4.78, 5) is 4.02. The van der Waals surface area contributed by atoms with Gasteiger partial charge in [0.15, 0.2) is 0 Å². The highest BCUT2D eigenvalue weighted by molar-refractivity contribution is 5.44. The van der Waals surface area contributed by atoms with Crippen LogP contribution in [0.1, 0.15) is 11.1 Å². The number of fused-ring (bicyclic) bond motifs is 1. The van der Waals surface area contributed by atoms with Crippen molar-refractivity contribution >= 4 is 5.69 Å². The molecule has 3 rings (SSSR count). The van der Waals surface area contributed by atoms with Crippen LogP contribution in [0.25, 0.3) is 0 Å². The van der Waals surface area contributed by atoms with Gasteiger partial charge in [0.05, 0.1) is 12.8 Å². The fourth-order valence-corrected chi connectivity index (χ4v) is 2.45. The lowest BCUT2D eigenvalue weighted by Gasteiger charge is -2.30. The number of nitrogens with zero attached hydrogens (tertiary/aromatic N) is 2. The summed E-state index contributed by atoms with van der Waals surface area (Å²) in [7, 11) is 1.73. The predicted molar refractivity (Wildman–Crippen MR) is 75.0 cm³/mol. The van der Waals surface area contributed by atoms with E-state index in [1.165, 1.54) is 11.1 Å². The molecule has 0 spiro atoms. The maximum atomic E-state index is 5.45. The molecule has 0 saturated carbocycles. The van der Waals surface area contributed by atoms with Gasteiger partial charge in [-0.1, -0.05) is 12.1 Å². The third kappa shape index (κ3) is 2.53. The summed E-state index contributed by atoms with van der Waals surface area (Å²) in [5, 5.41) is 2.21. The second kappa shape index (κ2) is 5.28. The van der Waals surface area contributed by atoms with Gasteiger partial charge in [0, 0.05) is 31.0 Å². The van der Waals surface area contributed by atoms with Gasteiger partial charge in [-0.25, -0.2) is 5.01 Å². The van der Waals surface area contributed by atoms with Crippen LogP contribution in [0, 0.1) is 0 Å². The summed E-state index contributed by atoms with van der Waals surface area (Å²) in [5.41, 5.74) is 7.13. The van der Waals surface area contributed by atoms with Crippen LogP contribution in [0.2, 0.25) is 0 Å². The minimum atomic E-state index is 0.849. The Kier molecular flexibility index (Phi) is 3.33. The van der Waals surface area contributed by atoms with Crippen molar-refractivity contribution in [3.63, 3.8) is 0 Å². The Morgan fingerprint density at radius 3 is 2.84 bits per heavy atom. The molecule has 2 aromatic rings. The molecule has 1 aromatic heterocycles. The van der Waals surface area contributed by atoms with Gasteiger partial charge in [-0.15, -0.1) is 0 Å². The molecule has 4 nitrogen and oxygen atoms in total. The number of hydrogen-bond acceptors (Lipinski definition) is 4. The van der Waals surface area contributed by atoms with E-state index < -0.39 is 0 Å². The third-order valence-electron chi connectivity index (χ3n) is 3.42. The highest BCUT2D eigenvalue weighted by Crippen LogP contribution is 2.27. The molecule has 0 atom stereocenters. The number of rotatable bonds is 3. The molecule has 0 saturated heterocycles. The summed E-state index contributed by atoms with van der Waals surface area (Å²) >= 11 is 0. The Morgan fingerprint density at radius 2 is 2.05 bits per heavy atom. The fraction of sp³-hybridized carbons (Fsp3) is 0.267. The van der Waals surface area contributed by atoms with Crippen molar-refractivity contribution in [1.82, 2.24) is 9.99 Å². The molecule has 98 valence electrons. The van der Waals surface area contributed by atoms with Crippen molar-refractivity contribution in [2.45, 2.75) is 13.0 Å². The number of nitrogens with one attached hydrogen (secondary N) is 1. The number of hydrogen-bond donors (Lipinski definition) is 1. The van der Waals surface area contributed by atoms with Crippen LogP contribution in [0.5, 0.6) is 5.75 Å². The Hall–Kier alpha value is -2.07. The van der Waals surface area contributed by atoms with Crippen molar-refractivity contribution in [3.8, 4) is 5.75 Å². The number of anilines is 1. The smallest absolute Gasteiger partial charge is 0.123 e. The van der Waals surface area contributed by atoms with Crippen molar-refractivity contribution in [2.75, 3.05) is 19.1 Å². The molecule has 2 heterocycles. The lowest BCUT2D eigenvalue weighted by atomic mass is 10.00. The molecule has 1 N–H and O–H groups in total. The maximum absolute atomic E-state index is 5.45. The van der Waals surface area contributed by atoms with Crippen LogP contribution in [0.4, 0.5) is 5.69 Å². The van der Waals surface area contributed by atoms with Crippen molar-refractivity contribution in [3.05, 3.63) is 53.9 Å². The van der Waals surface area contributed by atoms with Gasteiger partial charge in [-0.2, -0.15) is 0 Å². The Balaban J connectivity index is 1.78. The lowest BCUT2D eigenvalue weighted by molar-refractivity contribution is 0.297. The van der Waals surface area contributed by atoms with Gasteiger partial charge in [-0.3, -0.25) is 4.98 Å². The fourth-order valence-electron chi connectivity index (χ4n) is 2.45. The molecule has 0 unspecified atom stereocenters. The number of methoxy groups -OCH3 is 1. The van der Waals surface area contributed by atoms with Gasteiger partial charge in [0.1, 0.15) is 5.75 Å². The van der Waals surface area contributed by atoms with E-state index >= 15 is 0 Å². The van der Waals surface area contributed by atoms with Crippen LogP contribution < -0.4 is 10.2 Å². The van der Waals surface area contributed by atoms with Crippen molar-refractivity contribution in [1.29, 1.82) is 0 Å². The molecule has 1 aliphatic heterocycles. The summed E-state index contributed by atoms with van der Waals surface area (Å²) in [5.74, 6) is 0.971. The lowest BCUT2D eigenvalue weighted by Crippen LogP contribution is -2.35. The van der Waals surface area contributed by atoms with Crippen LogP contribution in [0.15, 0.2) is 42.7 Å². The van der Waals surface area contributed by atoms with E-state index in [0.717, 1.165) is 30.9 Å². The predicted octanol–water partition coefficient (Wildman–Crippen LogP) is 2.48. The van der Waals surface area contributed by atoms with E-state index in [-0.39, 0.29) is 0 Å². The zero-order valence-corrected chi connectivity index (χ0v) is 11.0. The Morgan fingerprint density at radius 1 is 1.21 bits per heavy atom. The van der Waals surface area contributed by atoms with Crippen molar-refractivity contribution in [2.24, 2.45) is 0 Å². The molecular weight excluding hydrogens is 238 g/mol. The van der Waals surface area contributed by atoms with Crippen LogP contribution in [-0.4, -0.2) is 23.6 Å². The molecule has 0 amide bonds. The number of pyridine rings is 1. The van der Waals surface area contributed by atoms with Gasteiger partial charge < -0.3 is 10.2 Å². The van der Waals surface area contributed by atoms with Gasteiger partial charge in [0.25, 0.3) is 0 Å². The molecule has 19 heavy (non-hydrogen) atoms. The second-order valence-corrected chi connectivity index (χ2v) is 4.62. The highest BCUT2D eigenvalue weighted by Gasteiger charge is 2.19. The number of ether oxygens (including phenoxy) is 1. The van der Waals surface area contributed by atoms with E-state index in [2.05, 4.69) is 27.6 Å². The maximum Gasteiger partial charge on any atom is 0.123 e. The van der Waals surface area contributed by atoms with Crippen molar-refractivity contribution < 1.29 is 4.74 Å². The zero-order valence-electron chi connectivity index (χ0n) is 11.0. The first-order chi connectivity index (χ1) is 9.36. The molecule has 4 heteroatoms. The first kappa shape index (κ1) is 12.0. The minimum absolute atomic E-state index is 0.849. The number of hydrazine groups is 1. The van der Waals surface area contributed by atoms with Gasteiger partial charge in [-0.05, 0) is 30.2 Å². The summed E-state index contributed by atoms with van der Waals surface area (Å²) in [6, 6.07) is 10.2. The number of aromatic nitrogens is 1. The van der Waals surface area contributed by atoms with E-state index in [1.54, 1.807) is 19.5 Å². The largest absolute Gasteiger partial charge is 0.496 e. The minimum Gasteiger partial charge on any atom is -0.496 e. The highest BCUT2D eigenvalue weighted by atomic mass is 16.5. The van der Waals surface area contributed by atoms with Crippen LogP contribution in [0.3, 0.4) is 0 Å². The van der Waals surface area contributed by atoms with Crippen LogP contribution >= 0.6 is 0 Å². The SMILES string of the molecule is COc1cccc2c1CN(Nc1ccncc1)CC2. The average Bonchev–Trinajstić information content (AvgIpc) is 2.47. The summed E-state index contributed by atoms with van der Waals surface area (Å²) in [6.07, 6.45) is 4.62. The first-order valence-corrected chi connectivity index (χ1v) is 6.43. The van der Waals surface area contributed by atoms with E-state index in [1.807, 2.05) is 18.2 Å².